The highest BCUT2D eigenvalue weighted by Crippen LogP contribution is 2.25. The average Bonchev–Trinajstić information content (AvgIpc) is 2.96. The molecule has 130 valence electrons. The zero-order valence-electron chi connectivity index (χ0n) is 14.7. The Morgan fingerprint density at radius 3 is 2.54 bits per heavy atom. The second-order valence-corrected chi connectivity index (χ2v) is 8.04. The lowest BCUT2D eigenvalue weighted by Crippen LogP contribution is -2.42. The molecular weight excluding hydrogens is 320 g/mol. The standard InChI is InChI=1S/C19H26N2O2S/c1-13(16(22)10-14-8-6-5-7-9-14)20-17(23)11-15-12-24-18(21-15)19(2,3)4/h5-9,12-13,16,22H,10-11H2,1-4H3,(H,20,23). The third-order valence-electron chi connectivity index (χ3n) is 3.79. The molecule has 0 aliphatic heterocycles. The molecule has 2 unspecified atom stereocenters. The number of benzene rings is 1. The van der Waals surface area contributed by atoms with Crippen molar-refractivity contribution >= 4 is 17.2 Å². The summed E-state index contributed by atoms with van der Waals surface area (Å²) in [6, 6.07) is 9.47. The predicted molar refractivity (Wildman–Crippen MR) is 98.3 cm³/mol. The van der Waals surface area contributed by atoms with E-state index in [0.29, 0.717) is 6.42 Å². The van der Waals surface area contributed by atoms with E-state index in [1.165, 1.54) is 0 Å². The maximum Gasteiger partial charge on any atom is 0.226 e. The van der Waals surface area contributed by atoms with Gasteiger partial charge in [-0.15, -0.1) is 11.3 Å². The van der Waals surface area contributed by atoms with Gasteiger partial charge in [0.2, 0.25) is 5.91 Å². The third-order valence-corrected chi connectivity index (χ3v) is 5.11. The fourth-order valence-corrected chi connectivity index (χ4v) is 3.24. The number of aliphatic hydroxyl groups excluding tert-OH is 1. The van der Waals surface area contributed by atoms with E-state index in [9.17, 15) is 9.90 Å². The number of amides is 1. The maximum absolute atomic E-state index is 12.2. The number of carbonyl (C=O) groups excluding carboxylic acids is 1. The largest absolute Gasteiger partial charge is 0.391 e. The minimum absolute atomic E-state index is 0.00143. The summed E-state index contributed by atoms with van der Waals surface area (Å²) in [5.41, 5.74) is 1.84. The lowest BCUT2D eigenvalue weighted by atomic mass is 9.98. The Kier molecular flexibility index (Phi) is 6.13. The Morgan fingerprint density at radius 2 is 1.96 bits per heavy atom. The number of hydrogen-bond acceptors (Lipinski definition) is 4. The fourth-order valence-electron chi connectivity index (χ4n) is 2.33. The van der Waals surface area contributed by atoms with Gasteiger partial charge in [0, 0.05) is 17.2 Å². The van der Waals surface area contributed by atoms with E-state index in [2.05, 4.69) is 31.1 Å². The second kappa shape index (κ2) is 7.90. The number of aliphatic hydroxyl groups is 1. The number of nitrogens with one attached hydrogen (secondary N) is 1. The number of thiazole rings is 1. The first-order valence-electron chi connectivity index (χ1n) is 8.22. The summed E-state index contributed by atoms with van der Waals surface area (Å²) in [6.07, 6.45) is 0.152. The van der Waals surface area contributed by atoms with Crippen LogP contribution in [0, 0.1) is 0 Å². The molecule has 0 aliphatic rings. The summed E-state index contributed by atoms with van der Waals surface area (Å²) >= 11 is 1.58. The van der Waals surface area contributed by atoms with Crippen LogP contribution in [0.3, 0.4) is 0 Å². The molecule has 5 heteroatoms. The van der Waals surface area contributed by atoms with Crippen LogP contribution in [0.2, 0.25) is 0 Å². The number of nitrogens with zero attached hydrogens (tertiary/aromatic N) is 1. The van der Waals surface area contributed by atoms with Crippen LogP contribution >= 0.6 is 11.3 Å². The first-order valence-corrected chi connectivity index (χ1v) is 9.10. The molecule has 1 amide bonds. The van der Waals surface area contributed by atoms with Crippen molar-refractivity contribution in [3.05, 3.63) is 52.0 Å². The van der Waals surface area contributed by atoms with E-state index >= 15 is 0 Å². The van der Waals surface area contributed by atoms with Crippen LogP contribution in [0.25, 0.3) is 0 Å². The number of aromatic nitrogens is 1. The Morgan fingerprint density at radius 1 is 1.29 bits per heavy atom. The number of rotatable bonds is 6. The van der Waals surface area contributed by atoms with E-state index < -0.39 is 6.10 Å². The first-order chi connectivity index (χ1) is 11.3. The molecule has 24 heavy (non-hydrogen) atoms. The molecule has 0 aliphatic carbocycles. The first kappa shape index (κ1) is 18.6. The van der Waals surface area contributed by atoms with Crippen molar-refractivity contribution in [3.63, 3.8) is 0 Å². The van der Waals surface area contributed by atoms with Crippen molar-refractivity contribution in [2.24, 2.45) is 0 Å². The second-order valence-electron chi connectivity index (χ2n) is 7.18. The third kappa shape index (κ3) is 5.42. The smallest absolute Gasteiger partial charge is 0.226 e. The van der Waals surface area contributed by atoms with Gasteiger partial charge in [-0.05, 0) is 12.5 Å². The molecule has 1 aromatic heterocycles. The molecule has 1 heterocycles. The van der Waals surface area contributed by atoms with Gasteiger partial charge in [0.1, 0.15) is 0 Å². The van der Waals surface area contributed by atoms with Gasteiger partial charge in [-0.2, -0.15) is 0 Å². The van der Waals surface area contributed by atoms with Gasteiger partial charge in [-0.25, -0.2) is 4.98 Å². The van der Waals surface area contributed by atoms with Gasteiger partial charge in [0.05, 0.1) is 29.3 Å². The van der Waals surface area contributed by atoms with E-state index in [1.807, 2.05) is 42.6 Å². The van der Waals surface area contributed by atoms with Crippen LogP contribution < -0.4 is 5.32 Å². The molecule has 0 bridgehead atoms. The Balaban J connectivity index is 1.86. The van der Waals surface area contributed by atoms with Gasteiger partial charge in [-0.3, -0.25) is 4.79 Å². The van der Waals surface area contributed by atoms with Crippen molar-refractivity contribution < 1.29 is 9.90 Å². The molecule has 2 rings (SSSR count). The van der Waals surface area contributed by atoms with Crippen LogP contribution in [0.5, 0.6) is 0 Å². The summed E-state index contributed by atoms with van der Waals surface area (Å²) in [5.74, 6) is -0.111. The van der Waals surface area contributed by atoms with Crippen molar-refractivity contribution in [3.8, 4) is 0 Å². The minimum Gasteiger partial charge on any atom is -0.391 e. The predicted octanol–water partition coefficient (Wildman–Crippen LogP) is 3.09. The van der Waals surface area contributed by atoms with Crippen molar-refractivity contribution in [2.75, 3.05) is 0 Å². The lowest BCUT2D eigenvalue weighted by Gasteiger charge is -2.20. The van der Waals surface area contributed by atoms with Crippen LogP contribution in [0.1, 0.15) is 44.0 Å². The normalized spacial score (nSPS) is 14.2. The van der Waals surface area contributed by atoms with Crippen LogP contribution in [-0.4, -0.2) is 28.1 Å². The SMILES string of the molecule is CC(NC(=O)Cc1csc(C(C)(C)C)n1)C(O)Cc1ccccc1. The highest BCUT2D eigenvalue weighted by molar-refractivity contribution is 7.09. The van der Waals surface area contributed by atoms with Crippen molar-refractivity contribution in [1.29, 1.82) is 0 Å². The molecule has 0 spiro atoms. The van der Waals surface area contributed by atoms with Gasteiger partial charge in [0.15, 0.2) is 0 Å². The molecule has 4 nitrogen and oxygen atoms in total. The van der Waals surface area contributed by atoms with Gasteiger partial charge in [0.25, 0.3) is 0 Å². The minimum atomic E-state index is -0.614. The van der Waals surface area contributed by atoms with Crippen LogP contribution in [-0.2, 0) is 23.1 Å². The quantitative estimate of drug-likeness (QED) is 0.845. The molecule has 0 saturated carbocycles. The molecule has 0 fully saturated rings. The molecule has 2 aromatic rings. The summed E-state index contributed by atoms with van der Waals surface area (Å²) in [6.45, 7) is 8.15. The van der Waals surface area contributed by atoms with Gasteiger partial charge < -0.3 is 10.4 Å². The topological polar surface area (TPSA) is 62.2 Å². The van der Waals surface area contributed by atoms with Gasteiger partial charge in [-0.1, -0.05) is 51.1 Å². The monoisotopic (exact) mass is 346 g/mol. The molecule has 2 N–H and O–H groups in total. The van der Waals surface area contributed by atoms with E-state index in [0.717, 1.165) is 16.3 Å². The summed E-state index contributed by atoms with van der Waals surface area (Å²) in [5, 5.41) is 16.1. The zero-order chi connectivity index (χ0) is 17.7. The van der Waals surface area contributed by atoms with E-state index in [1.54, 1.807) is 11.3 Å². The van der Waals surface area contributed by atoms with Crippen LogP contribution in [0.15, 0.2) is 35.7 Å². The summed E-state index contributed by atoms with van der Waals surface area (Å²) in [7, 11) is 0. The fraction of sp³-hybridized carbons (Fsp3) is 0.474. The molecule has 0 saturated heterocycles. The van der Waals surface area contributed by atoms with Crippen molar-refractivity contribution in [1.82, 2.24) is 10.3 Å². The Hall–Kier alpha value is -1.72. The highest BCUT2D eigenvalue weighted by Gasteiger charge is 2.20. The van der Waals surface area contributed by atoms with Crippen molar-refractivity contribution in [2.45, 2.75) is 58.1 Å². The highest BCUT2D eigenvalue weighted by atomic mass is 32.1. The average molecular weight is 346 g/mol. The van der Waals surface area contributed by atoms with E-state index in [4.69, 9.17) is 0 Å². The Bertz CT molecular complexity index is 662. The summed E-state index contributed by atoms with van der Waals surface area (Å²) in [4.78, 5) is 16.7. The maximum atomic E-state index is 12.2. The zero-order valence-corrected chi connectivity index (χ0v) is 15.6. The number of carbonyl (C=O) groups is 1. The summed E-state index contributed by atoms with van der Waals surface area (Å²) < 4.78 is 0. The van der Waals surface area contributed by atoms with Crippen LogP contribution in [0.4, 0.5) is 0 Å². The molecule has 1 aromatic carbocycles. The number of hydrogen-bond donors (Lipinski definition) is 2. The van der Waals surface area contributed by atoms with E-state index in [-0.39, 0.29) is 23.8 Å². The molecule has 2 atom stereocenters. The molecule has 0 radical (unpaired) electrons. The molecular formula is C19H26N2O2S. The lowest BCUT2D eigenvalue weighted by molar-refractivity contribution is -0.121. The van der Waals surface area contributed by atoms with Gasteiger partial charge >= 0.3 is 0 Å². The Labute approximate surface area is 148 Å².